The van der Waals surface area contributed by atoms with E-state index in [0.29, 0.717) is 0 Å². The zero-order chi connectivity index (χ0) is 15.8. The van der Waals surface area contributed by atoms with Gasteiger partial charge in [0.15, 0.2) is 0 Å². The van der Waals surface area contributed by atoms with Crippen molar-refractivity contribution in [1.82, 2.24) is 5.32 Å². The zero-order valence-electron chi connectivity index (χ0n) is 11.3. The summed E-state index contributed by atoms with van der Waals surface area (Å²) in [5.41, 5.74) is -0.0165. The molecule has 0 aliphatic heterocycles. The molecule has 114 valence electrons. The molecule has 0 aliphatic carbocycles. The molecular weight excluding hydrogens is 283 g/mol. The number of methoxy groups -OCH3 is 1. The number of ether oxygens (including phenoxy) is 1. The van der Waals surface area contributed by atoms with Crippen LogP contribution in [0, 0.1) is 5.82 Å². The van der Waals surface area contributed by atoms with E-state index in [2.05, 4.69) is 15.4 Å². The summed E-state index contributed by atoms with van der Waals surface area (Å²) >= 11 is 0. The maximum absolute atomic E-state index is 13.2. The third kappa shape index (κ3) is 5.47. The molecule has 2 amide bonds. The van der Waals surface area contributed by atoms with Gasteiger partial charge in [-0.3, -0.25) is 4.79 Å². The molecule has 3 N–H and O–H groups in total. The number of rotatable bonds is 6. The minimum atomic E-state index is -0.963. The van der Waals surface area contributed by atoms with E-state index in [4.69, 9.17) is 5.11 Å². The van der Waals surface area contributed by atoms with Gasteiger partial charge in [-0.15, -0.1) is 0 Å². The van der Waals surface area contributed by atoms with Gasteiger partial charge < -0.3 is 20.5 Å². The molecule has 0 atom stereocenters. The molecule has 0 bridgehead atoms. The van der Waals surface area contributed by atoms with Crippen LogP contribution in [0.2, 0.25) is 0 Å². The molecule has 1 aromatic carbocycles. The quantitative estimate of drug-likeness (QED) is 0.546. The van der Waals surface area contributed by atoms with Gasteiger partial charge in [0.2, 0.25) is 0 Å². The summed E-state index contributed by atoms with van der Waals surface area (Å²) in [5, 5.41) is 13.2. The number of carbonyl (C=O) groups excluding carboxylic acids is 2. The number of nitrogens with one attached hydrogen (secondary N) is 2. The van der Waals surface area contributed by atoms with Crippen LogP contribution in [-0.4, -0.2) is 36.7 Å². The molecule has 0 aromatic heterocycles. The van der Waals surface area contributed by atoms with Crippen LogP contribution in [-0.2, 0) is 9.53 Å². The Morgan fingerprint density at radius 1 is 1.33 bits per heavy atom. The summed E-state index contributed by atoms with van der Waals surface area (Å²) in [6, 6.07) is 2.59. The van der Waals surface area contributed by atoms with Crippen LogP contribution in [0.5, 0.6) is 0 Å². The fourth-order valence-corrected chi connectivity index (χ4v) is 1.52. The van der Waals surface area contributed by atoms with Crippen molar-refractivity contribution in [3.63, 3.8) is 0 Å². The first-order valence-corrected chi connectivity index (χ1v) is 6.08. The molecule has 8 heteroatoms. The summed E-state index contributed by atoms with van der Waals surface area (Å²) in [5.74, 6) is -2.30. The van der Waals surface area contributed by atoms with E-state index in [1.807, 2.05) is 0 Å². The van der Waals surface area contributed by atoms with E-state index < -0.39 is 23.8 Å². The van der Waals surface area contributed by atoms with Crippen LogP contribution in [0.4, 0.5) is 14.9 Å². The summed E-state index contributed by atoms with van der Waals surface area (Å²) in [7, 11) is 1.17. The molecule has 1 rings (SSSR count). The highest BCUT2D eigenvalue weighted by Crippen LogP contribution is 2.18. The molecule has 0 aliphatic rings. The Morgan fingerprint density at radius 2 is 2.05 bits per heavy atom. The van der Waals surface area contributed by atoms with Crippen molar-refractivity contribution < 1.29 is 28.6 Å². The van der Waals surface area contributed by atoms with Crippen molar-refractivity contribution in [2.75, 3.05) is 19.0 Å². The minimum absolute atomic E-state index is 0.0135. The zero-order valence-corrected chi connectivity index (χ0v) is 11.3. The number of carbonyl (C=O) groups is 3. The van der Waals surface area contributed by atoms with Crippen molar-refractivity contribution in [2.45, 2.75) is 12.8 Å². The standard InChI is InChI=1S/C13H15FN2O5/c1-21-12(19)9-5-4-8(14)7-10(9)16-13(20)15-6-2-3-11(17)18/h4-5,7H,2-3,6H2,1H3,(H,17,18)(H2,15,16,20). The third-order valence-corrected chi connectivity index (χ3v) is 2.49. The summed E-state index contributed by atoms with van der Waals surface area (Å²) < 4.78 is 17.7. The van der Waals surface area contributed by atoms with Gasteiger partial charge in [-0.05, 0) is 24.6 Å². The second-order valence-electron chi connectivity index (χ2n) is 4.06. The average molecular weight is 298 g/mol. The Bertz CT molecular complexity index is 547. The molecular formula is C13H15FN2O5. The Hall–Kier alpha value is -2.64. The number of aliphatic carboxylic acids is 1. The SMILES string of the molecule is COC(=O)c1ccc(F)cc1NC(=O)NCCCC(=O)O. The fourth-order valence-electron chi connectivity index (χ4n) is 1.52. The molecule has 0 unspecified atom stereocenters. The number of amides is 2. The van der Waals surface area contributed by atoms with Crippen molar-refractivity contribution in [1.29, 1.82) is 0 Å². The lowest BCUT2D eigenvalue weighted by Crippen LogP contribution is -2.30. The first-order valence-electron chi connectivity index (χ1n) is 6.08. The van der Waals surface area contributed by atoms with Crippen LogP contribution < -0.4 is 10.6 Å². The molecule has 0 spiro atoms. The number of carboxylic acids is 1. The van der Waals surface area contributed by atoms with Gasteiger partial charge in [-0.25, -0.2) is 14.0 Å². The third-order valence-electron chi connectivity index (χ3n) is 2.49. The van der Waals surface area contributed by atoms with Gasteiger partial charge in [0, 0.05) is 13.0 Å². The predicted molar refractivity (Wildman–Crippen MR) is 71.6 cm³/mol. The largest absolute Gasteiger partial charge is 0.481 e. The highest BCUT2D eigenvalue weighted by Gasteiger charge is 2.14. The van der Waals surface area contributed by atoms with E-state index >= 15 is 0 Å². The Balaban J connectivity index is 2.64. The smallest absolute Gasteiger partial charge is 0.339 e. The summed E-state index contributed by atoms with van der Waals surface area (Å²) in [6.45, 7) is 0.140. The van der Waals surface area contributed by atoms with Crippen molar-refractivity contribution >= 4 is 23.7 Å². The Morgan fingerprint density at radius 3 is 2.67 bits per heavy atom. The Labute approximate surface area is 120 Å². The first kappa shape index (κ1) is 16.4. The summed E-state index contributed by atoms with van der Waals surface area (Å²) in [6.07, 6.45) is 0.184. The summed E-state index contributed by atoms with van der Waals surface area (Å²) in [4.78, 5) is 33.4. The number of halogens is 1. The molecule has 0 radical (unpaired) electrons. The highest BCUT2D eigenvalue weighted by atomic mass is 19.1. The van der Waals surface area contributed by atoms with Crippen LogP contribution in [0.3, 0.4) is 0 Å². The molecule has 0 fully saturated rings. The van der Waals surface area contributed by atoms with E-state index in [1.165, 1.54) is 13.2 Å². The van der Waals surface area contributed by atoms with Crippen molar-refractivity contribution in [2.24, 2.45) is 0 Å². The van der Waals surface area contributed by atoms with E-state index in [-0.39, 0.29) is 30.6 Å². The number of hydrogen-bond acceptors (Lipinski definition) is 4. The lowest BCUT2D eigenvalue weighted by atomic mass is 10.1. The molecule has 0 heterocycles. The Kier molecular flexibility index (Phi) is 6.12. The first-order chi connectivity index (χ1) is 9.93. The number of anilines is 1. The van der Waals surface area contributed by atoms with Crippen LogP contribution in [0.25, 0.3) is 0 Å². The number of esters is 1. The van der Waals surface area contributed by atoms with Gasteiger partial charge in [0.05, 0.1) is 18.4 Å². The van der Waals surface area contributed by atoms with Crippen LogP contribution in [0.15, 0.2) is 18.2 Å². The lowest BCUT2D eigenvalue weighted by molar-refractivity contribution is -0.137. The van der Waals surface area contributed by atoms with Crippen LogP contribution in [0.1, 0.15) is 23.2 Å². The minimum Gasteiger partial charge on any atom is -0.481 e. The monoisotopic (exact) mass is 298 g/mol. The normalized spacial score (nSPS) is 9.81. The maximum Gasteiger partial charge on any atom is 0.339 e. The lowest BCUT2D eigenvalue weighted by Gasteiger charge is -2.10. The van der Waals surface area contributed by atoms with E-state index in [9.17, 15) is 18.8 Å². The van der Waals surface area contributed by atoms with Crippen molar-refractivity contribution in [3.05, 3.63) is 29.6 Å². The number of carboxylic acid groups (broad SMARTS) is 1. The van der Waals surface area contributed by atoms with Gasteiger partial charge in [-0.2, -0.15) is 0 Å². The van der Waals surface area contributed by atoms with Gasteiger partial charge in [0.1, 0.15) is 5.82 Å². The van der Waals surface area contributed by atoms with Gasteiger partial charge in [0.25, 0.3) is 0 Å². The maximum atomic E-state index is 13.2. The molecule has 21 heavy (non-hydrogen) atoms. The van der Waals surface area contributed by atoms with Gasteiger partial charge in [-0.1, -0.05) is 0 Å². The second-order valence-corrected chi connectivity index (χ2v) is 4.06. The number of benzene rings is 1. The number of hydrogen-bond donors (Lipinski definition) is 3. The van der Waals surface area contributed by atoms with Gasteiger partial charge >= 0.3 is 18.0 Å². The second kappa shape index (κ2) is 7.83. The fraction of sp³-hybridized carbons (Fsp3) is 0.308. The topological polar surface area (TPSA) is 105 Å². The molecule has 0 saturated carbocycles. The predicted octanol–water partition coefficient (Wildman–Crippen LogP) is 1.60. The van der Waals surface area contributed by atoms with E-state index in [1.54, 1.807) is 0 Å². The molecule has 0 saturated heterocycles. The van der Waals surface area contributed by atoms with E-state index in [0.717, 1.165) is 12.1 Å². The van der Waals surface area contributed by atoms with Crippen molar-refractivity contribution in [3.8, 4) is 0 Å². The van der Waals surface area contributed by atoms with Crippen LogP contribution >= 0.6 is 0 Å². The number of urea groups is 1. The molecule has 1 aromatic rings. The average Bonchev–Trinajstić information content (AvgIpc) is 2.43. The highest BCUT2D eigenvalue weighted by molar-refractivity contribution is 6.00. The molecule has 7 nitrogen and oxygen atoms in total.